The van der Waals surface area contributed by atoms with Gasteiger partial charge in [0.25, 0.3) is 0 Å². The van der Waals surface area contributed by atoms with Gasteiger partial charge in [-0.25, -0.2) is 8.42 Å². The van der Waals surface area contributed by atoms with Gasteiger partial charge in [-0.05, 0) is 18.2 Å². The number of anilines is 2. The van der Waals surface area contributed by atoms with E-state index < -0.39 is 21.8 Å². The van der Waals surface area contributed by atoms with Crippen LogP contribution in [0.3, 0.4) is 0 Å². The lowest BCUT2D eigenvalue weighted by Gasteiger charge is -2.11. The van der Waals surface area contributed by atoms with Crippen molar-refractivity contribution in [1.82, 2.24) is 0 Å². The highest BCUT2D eigenvalue weighted by atomic mass is 32.2. The molecule has 1 rings (SSSR count). The number of hydrogen-bond acceptors (Lipinski definition) is 3. The molecule has 0 bridgehead atoms. The van der Waals surface area contributed by atoms with Crippen LogP contribution in [0.25, 0.3) is 0 Å². The molecule has 0 aliphatic heterocycles. The summed E-state index contributed by atoms with van der Waals surface area (Å²) in [6.45, 7) is 0. The molecule has 0 spiro atoms. The summed E-state index contributed by atoms with van der Waals surface area (Å²) < 4.78 is 60.4. The minimum atomic E-state index is -4.50. The van der Waals surface area contributed by atoms with Crippen molar-refractivity contribution in [2.75, 3.05) is 16.7 Å². The van der Waals surface area contributed by atoms with E-state index in [0.717, 1.165) is 18.4 Å². The fourth-order valence-corrected chi connectivity index (χ4v) is 1.62. The van der Waals surface area contributed by atoms with Gasteiger partial charge in [0, 0.05) is 0 Å². The second kappa shape index (κ2) is 3.85. The van der Waals surface area contributed by atoms with Crippen LogP contribution in [0.1, 0.15) is 5.56 Å². The van der Waals surface area contributed by atoms with Crippen LogP contribution in [0.2, 0.25) is 0 Å². The lowest BCUT2D eigenvalue weighted by molar-refractivity contribution is -0.137. The molecule has 1 aromatic carbocycles. The molecule has 16 heavy (non-hydrogen) atoms. The monoisotopic (exact) mass is 254 g/mol. The Morgan fingerprint density at radius 2 is 1.88 bits per heavy atom. The van der Waals surface area contributed by atoms with Crippen LogP contribution < -0.4 is 10.5 Å². The fraction of sp³-hybridized carbons (Fsp3) is 0.250. The molecule has 4 nitrogen and oxygen atoms in total. The summed E-state index contributed by atoms with van der Waals surface area (Å²) in [5.41, 5.74) is 4.02. The van der Waals surface area contributed by atoms with E-state index in [9.17, 15) is 21.6 Å². The van der Waals surface area contributed by atoms with E-state index >= 15 is 0 Å². The van der Waals surface area contributed by atoms with E-state index in [-0.39, 0.29) is 11.4 Å². The van der Waals surface area contributed by atoms with Crippen LogP contribution in [-0.2, 0) is 16.2 Å². The van der Waals surface area contributed by atoms with Gasteiger partial charge in [0.1, 0.15) is 0 Å². The van der Waals surface area contributed by atoms with Crippen LogP contribution >= 0.6 is 0 Å². The van der Waals surface area contributed by atoms with Gasteiger partial charge in [0.05, 0.1) is 23.2 Å². The Labute approximate surface area is 90.3 Å². The topological polar surface area (TPSA) is 72.2 Å². The Morgan fingerprint density at radius 3 is 2.25 bits per heavy atom. The predicted molar refractivity (Wildman–Crippen MR) is 54.3 cm³/mol. The van der Waals surface area contributed by atoms with Gasteiger partial charge in [-0.3, -0.25) is 4.72 Å². The van der Waals surface area contributed by atoms with E-state index in [2.05, 4.69) is 0 Å². The maximum Gasteiger partial charge on any atom is 0.416 e. The largest absolute Gasteiger partial charge is 0.416 e. The Bertz CT molecular complexity index is 496. The quantitative estimate of drug-likeness (QED) is 0.788. The molecule has 0 fully saturated rings. The smallest absolute Gasteiger partial charge is 0.397 e. The molecule has 3 N–H and O–H groups in total. The molecule has 8 heteroatoms. The van der Waals surface area contributed by atoms with Gasteiger partial charge in [0.15, 0.2) is 0 Å². The molecule has 0 amide bonds. The number of rotatable bonds is 2. The molecule has 0 unspecified atom stereocenters. The first-order valence-electron chi connectivity index (χ1n) is 4.04. The van der Waals surface area contributed by atoms with Crippen LogP contribution in [0.15, 0.2) is 18.2 Å². The Kier molecular flexibility index (Phi) is 3.04. The van der Waals surface area contributed by atoms with Crippen molar-refractivity contribution in [3.63, 3.8) is 0 Å². The van der Waals surface area contributed by atoms with Crippen molar-refractivity contribution < 1.29 is 21.6 Å². The molecule has 0 saturated carbocycles. The third kappa shape index (κ3) is 3.30. The molecule has 0 heterocycles. The summed E-state index contributed by atoms with van der Waals surface area (Å²) >= 11 is 0. The van der Waals surface area contributed by atoms with Crippen molar-refractivity contribution in [3.05, 3.63) is 23.8 Å². The molecule has 1 aromatic rings. The van der Waals surface area contributed by atoms with Crippen molar-refractivity contribution >= 4 is 21.4 Å². The van der Waals surface area contributed by atoms with E-state index in [1.807, 2.05) is 4.72 Å². The predicted octanol–water partition coefficient (Wildman–Crippen LogP) is 1.66. The Hall–Kier alpha value is -1.44. The summed E-state index contributed by atoms with van der Waals surface area (Å²) in [7, 11) is -3.56. The highest BCUT2D eigenvalue weighted by Crippen LogP contribution is 2.32. The normalized spacial score (nSPS) is 12.5. The van der Waals surface area contributed by atoms with E-state index in [0.29, 0.717) is 6.07 Å². The number of halogens is 3. The zero-order chi connectivity index (χ0) is 12.6. The van der Waals surface area contributed by atoms with Crippen LogP contribution in [-0.4, -0.2) is 14.7 Å². The van der Waals surface area contributed by atoms with E-state index in [1.54, 1.807) is 0 Å². The van der Waals surface area contributed by atoms with Gasteiger partial charge in [-0.15, -0.1) is 0 Å². The average Bonchev–Trinajstić information content (AvgIpc) is 2.04. The number of benzene rings is 1. The third-order valence-electron chi connectivity index (χ3n) is 1.67. The number of alkyl halides is 3. The van der Waals surface area contributed by atoms with E-state index in [1.165, 1.54) is 0 Å². The molecular weight excluding hydrogens is 245 g/mol. The van der Waals surface area contributed by atoms with Crippen molar-refractivity contribution in [2.24, 2.45) is 0 Å². The SMILES string of the molecule is CS(=O)(=O)Nc1ccc(C(F)(F)F)cc1N. The summed E-state index contributed by atoms with van der Waals surface area (Å²) in [5, 5.41) is 0. The second-order valence-corrected chi connectivity index (χ2v) is 4.92. The maximum atomic E-state index is 12.2. The molecule has 0 aliphatic carbocycles. The number of sulfonamides is 1. The van der Waals surface area contributed by atoms with Crippen molar-refractivity contribution in [1.29, 1.82) is 0 Å². The minimum absolute atomic E-state index is 0.0736. The summed E-state index contributed by atoms with van der Waals surface area (Å²) in [6.07, 6.45) is -3.62. The van der Waals surface area contributed by atoms with E-state index in [4.69, 9.17) is 5.73 Å². The van der Waals surface area contributed by atoms with Gasteiger partial charge in [-0.1, -0.05) is 0 Å². The van der Waals surface area contributed by atoms with Crippen molar-refractivity contribution in [3.8, 4) is 0 Å². The Morgan fingerprint density at radius 1 is 1.31 bits per heavy atom. The fourth-order valence-electron chi connectivity index (χ4n) is 1.03. The highest BCUT2D eigenvalue weighted by Gasteiger charge is 2.30. The van der Waals surface area contributed by atoms with Crippen LogP contribution in [0.4, 0.5) is 24.5 Å². The van der Waals surface area contributed by atoms with Gasteiger partial charge >= 0.3 is 6.18 Å². The highest BCUT2D eigenvalue weighted by molar-refractivity contribution is 7.92. The first-order valence-corrected chi connectivity index (χ1v) is 5.93. The molecule has 0 aliphatic rings. The summed E-state index contributed by atoms with van der Waals surface area (Å²) in [4.78, 5) is 0. The van der Waals surface area contributed by atoms with Gasteiger partial charge in [0.2, 0.25) is 10.0 Å². The first-order chi connectivity index (χ1) is 7.09. The van der Waals surface area contributed by atoms with Crippen molar-refractivity contribution in [2.45, 2.75) is 6.18 Å². The number of nitrogens with two attached hydrogens (primary N) is 1. The van der Waals surface area contributed by atoms with Gasteiger partial charge < -0.3 is 5.73 Å². The standard InChI is InChI=1S/C8H9F3N2O2S/c1-16(14,15)13-7-3-2-5(4-6(7)12)8(9,10)11/h2-4,13H,12H2,1H3. The maximum absolute atomic E-state index is 12.2. The van der Waals surface area contributed by atoms with Crippen LogP contribution in [0.5, 0.6) is 0 Å². The Balaban J connectivity index is 3.11. The zero-order valence-electron chi connectivity index (χ0n) is 8.17. The molecule has 90 valence electrons. The zero-order valence-corrected chi connectivity index (χ0v) is 8.98. The third-order valence-corrected chi connectivity index (χ3v) is 2.26. The number of hydrogen-bond donors (Lipinski definition) is 2. The first kappa shape index (κ1) is 12.6. The molecule has 0 radical (unpaired) electrons. The average molecular weight is 254 g/mol. The molecule has 0 saturated heterocycles. The minimum Gasteiger partial charge on any atom is -0.397 e. The number of nitrogen functional groups attached to an aromatic ring is 1. The van der Waals surface area contributed by atoms with Gasteiger partial charge in [-0.2, -0.15) is 13.2 Å². The number of nitrogens with one attached hydrogen (secondary N) is 1. The lowest BCUT2D eigenvalue weighted by Crippen LogP contribution is -2.12. The lowest BCUT2D eigenvalue weighted by atomic mass is 10.2. The molecule has 0 aromatic heterocycles. The summed E-state index contributed by atoms with van der Waals surface area (Å²) in [5.74, 6) is 0. The molecule has 0 atom stereocenters. The second-order valence-electron chi connectivity index (χ2n) is 3.17. The van der Waals surface area contributed by atoms with Crippen LogP contribution in [0, 0.1) is 0 Å². The summed E-state index contributed by atoms with van der Waals surface area (Å²) in [6, 6.07) is 2.40. The molecular formula is C8H9F3N2O2S.